The summed E-state index contributed by atoms with van der Waals surface area (Å²) < 4.78 is 41.9. The van der Waals surface area contributed by atoms with Gasteiger partial charge in [-0.3, -0.25) is 9.78 Å². The summed E-state index contributed by atoms with van der Waals surface area (Å²) in [7, 11) is 0. The Morgan fingerprint density at radius 1 is 1.14 bits per heavy atom. The van der Waals surface area contributed by atoms with Gasteiger partial charge < -0.3 is 20.1 Å². The average molecular weight is 517 g/mol. The lowest BCUT2D eigenvalue weighted by Gasteiger charge is -2.29. The van der Waals surface area contributed by atoms with Gasteiger partial charge in [0.2, 0.25) is 5.95 Å². The normalized spacial score (nSPS) is 18.4. The fourth-order valence-electron chi connectivity index (χ4n) is 4.63. The summed E-state index contributed by atoms with van der Waals surface area (Å²) in [4.78, 5) is 31.2. The highest BCUT2D eigenvalue weighted by molar-refractivity contribution is 7.21. The van der Waals surface area contributed by atoms with Gasteiger partial charge in [0.15, 0.2) is 5.69 Å². The minimum absolute atomic E-state index is 0.0867. The van der Waals surface area contributed by atoms with Gasteiger partial charge in [-0.15, -0.1) is 11.3 Å². The molecule has 188 valence electrons. The largest absolute Gasteiger partial charge is 0.434 e. The maximum atomic E-state index is 13.4. The molecule has 0 radical (unpaired) electrons. The van der Waals surface area contributed by atoms with E-state index >= 15 is 0 Å². The standard InChI is InChI=1S/C23H23F3N8OS/c24-23(25,26)16-11-33-8-9-34(12-17(33)30-16)22-31-19(28-13-4-3-7-27-10-13)18(20(35)32-22)21-29-14-5-1-2-6-15(14)36-21/h1-2,5-6,11,13,27H,3-4,7-10,12H2,(H2,28,31,32,35). The van der Waals surface area contributed by atoms with Crippen LogP contribution in [-0.2, 0) is 19.3 Å². The van der Waals surface area contributed by atoms with Gasteiger partial charge in [-0.25, -0.2) is 9.97 Å². The SMILES string of the molecule is O=c1[nH]c(N2CCn3cc(C(F)(F)F)nc3C2)nc(NC2CCCNC2)c1-c1nc2ccccc2s1. The van der Waals surface area contributed by atoms with Crippen molar-refractivity contribution in [2.75, 3.05) is 29.9 Å². The van der Waals surface area contributed by atoms with Crippen molar-refractivity contribution in [2.45, 2.75) is 38.1 Å². The summed E-state index contributed by atoms with van der Waals surface area (Å²) in [5.41, 5.74) is -0.104. The molecule has 0 amide bonds. The van der Waals surface area contributed by atoms with Crippen LogP contribution in [0.1, 0.15) is 24.4 Å². The number of para-hydroxylation sites is 1. The molecule has 1 aromatic carbocycles. The van der Waals surface area contributed by atoms with Crippen molar-refractivity contribution in [1.82, 2.24) is 29.8 Å². The van der Waals surface area contributed by atoms with Crippen molar-refractivity contribution < 1.29 is 13.2 Å². The van der Waals surface area contributed by atoms with Gasteiger partial charge in [-0.05, 0) is 31.5 Å². The summed E-state index contributed by atoms with van der Waals surface area (Å²) in [6.45, 7) is 2.47. The number of hydrogen-bond donors (Lipinski definition) is 3. The Labute approximate surface area is 207 Å². The Bertz CT molecular complexity index is 1440. The zero-order valence-corrected chi connectivity index (χ0v) is 19.9. The number of benzene rings is 1. The van der Waals surface area contributed by atoms with E-state index in [4.69, 9.17) is 4.98 Å². The molecule has 2 aliphatic heterocycles. The van der Waals surface area contributed by atoms with Crippen molar-refractivity contribution in [2.24, 2.45) is 0 Å². The number of aromatic nitrogens is 5. The minimum Gasteiger partial charge on any atom is -0.365 e. The van der Waals surface area contributed by atoms with E-state index in [0.29, 0.717) is 35.4 Å². The molecule has 3 N–H and O–H groups in total. The monoisotopic (exact) mass is 516 g/mol. The van der Waals surface area contributed by atoms with Crippen LogP contribution in [0.15, 0.2) is 35.3 Å². The molecule has 1 saturated heterocycles. The second kappa shape index (κ2) is 8.89. The van der Waals surface area contributed by atoms with Crippen LogP contribution in [0.2, 0.25) is 0 Å². The smallest absolute Gasteiger partial charge is 0.365 e. The van der Waals surface area contributed by atoms with Gasteiger partial charge in [0.05, 0.1) is 16.8 Å². The molecule has 36 heavy (non-hydrogen) atoms. The van der Waals surface area contributed by atoms with Crippen molar-refractivity contribution in [1.29, 1.82) is 0 Å². The number of imidazole rings is 1. The highest BCUT2D eigenvalue weighted by Crippen LogP contribution is 2.33. The lowest BCUT2D eigenvalue weighted by atomic mass is 10.1. The van der Waals surface area contributed by atoms with Crippen LogP contribution in [0.5, 0.6) is 0 Å². The summed E-state index contributed by atoms with van der Waals surface area (Å²) in [6.07, 6.45) is -1.55. The summed E-state index contributed by atoms with van der Waals surface area (Å²) in [5, 5.41) is 7.35. The molecular formula is C23H23F3N8OS. The molecule has 6 rings (SSSR count). The first-order valence-corrected chi connectivity index (χ1v) is 12.5. The Morgan fingerprint density at radius 3 is 2.78 bits per heavy atom. The molecule has 1 unspecified atom stereocenters. The number of H-pyrrole nitrogens is 1. The number of rotatable bonds is 4. The third-order valence-electron chi connectivity index (χ3n) is 6.44. The van der Waals surface area contributed by atoms with Crippen molar-refractivity contribution >= 4 is 33.3 Å². The number of nitrogens with zero attached hydrogens (tertiary/aromatic N) is 5. The molecule has 9 nitrogen and oxygen atoms in total. The van der Waals surface area contributed by atoms with E-state index < -0.39 is 11.9 Å². The first kappa shape index (κ1) is 23.0. The summed E-state index contributed by atoms with van der Waals surface area (Å²) in [5.74, 6) is 0.989. The van der Waals surface area contributed by atoms with Gasteiger partial charge in [0.25, 0.3) is 5.56 Å². The van der Waals surface area contributed by atoms with E-state index in [9.17, 15) is 18.0 Å². The number of piperidine rings is 1. The van der Waals surface area contributed by atoms with Crippen LogP contribution in [0.25, 0.3) is 20.8 Å². The van der Waals surface area contributed by atoms with Crippen molar-refractivity contribution in [3.05, 3.63) is 52.3 Å². The Kier molecular flexibility index (Phi) is 5.67. The molecule has 0 spiro atoms. The molecular weight excluding hydrogens is 493 g/mol. The van der Waals surface area contributed by atoms with Crippen LogP contribution >= 0.6 is 11.3 Å². The Balaban J connectivity index is 1.38. The average Bonchev–Trinajstić information content (AvgIpc) is 3.48. The summed E-state index contributed by atoms with van der Waals surface area (Å²) >= 11 is 1.42. The minimum atomic E-state index is -4.51. The predicted octanol–water partition coefficient (Wildman–Crippen LogP) is 3.45. The maximum Gasteiger partial charge on any atom is 0.434 e. The number of alkyl halides is 3. The van der Waals surface area contributed by atoms with E-state index in [1.165, 1.54) is 15.9 Å². The molecule has 1 fully saturated rings. The van der Waals surface area contributed by atoms with Crippen molar-refractivity contribution in [3.8, 4) is 10.6 Å². The van der Waals surface area contributed by atoms with Crippen LogP contribution in [0.3, 0.4) is 0 Å². The fraction of sp³-hybridized carbons (Fsp3) is 0.391. The first-order valence-electron chi connectivity index (χ1n) is 11.7. The number of halogens is 3. The highest BCUT2D eigenvalue weighted by Gasteiger charge is 2.36. The molecule has 4 aromatic rings. The van der Waals surface area contributed by atoms with E-state index in [-0.39, 0.29) is 24.0 Å². The van der Waals surface area contributed by atoms with Crippen LogP contribution in [0.4, 0.5) is 24.9 Å². The number of anilines is 2. The lowest BCUT2D eigenvalue weighted by Crippen LogP contribution is -2.40. The first-order chi connectivity index (χ1) is 17.3. The number of hydrogen-bond acceptors (Lipinski definition) is 8. The number of thiazole rings is 1. The molecule has 3 aromatic heterocycles. The molecule has 0 saturated carbocycles. The third kappa shape index (κ3) is 4.32. The van der Waals surface area contributed by atoms with Crippen LogP contribution < -0.4 is 21.1 Å². The highest BCUT2D eigenvalue weighted by atomic mass is 32.1. The van der Waals surface area contributed by atoms with E-state index in [1.54, 1.807) is 4.90 Å². The topological polar surface area (TPSA) is 104 Å². The molecule has 0 aliphatic carbocycles. The molecule has 13 heteroatoms. The quantitative estimate of drug-likeness (QED) is 0.382. The maximum absolute atomic E-state index is 13.4. The van der Waals surface area contributed by atoms with E-state index in [0.717, 1.165) is 42.3 Å². The Morgan fingerprint density at radius 2 is 2.00 bits per heavy atom. The zero-order valence-electron chi connectivity index (χ0n) is 19.1. The fourth-order valence-corrected chi connectivity index (χ4v) is 5.64. The zero-order chi connectivity index (χ0) is 24.9. The van der Waals surface area contributed by atoms with Gasteiger partial charge in [0.1, 0.15) is 22.2 Å². The van der Waals surface area contributed by atoms with Crippen LogP contribution in [-0.4, -0.2) is 50.2 Å². The van der Waals surface area contributed by atoms with E-state index in [1.807, 2.05) is 24.3 Å². The van der Waals surface area contributed by atoms with Gasteiger partial charge >= 0.3 is 6.18 Å². The van der Waals surface area contributed by atoms with E-state index in [2.05, 4.69) is 25.6 Å². The molecule has 0 bridgehead atoms. The molecule has 2 aliphatic rings. The number of fused-ring (bicyclic) bond motifs is 2. The number of nitrogens with one attached hydrogen (secondary N) is 3. The summed E-state index contributed by atoms with van der Waals surface area (Å²) in [6, 6.07) is 7.76. The predicted molar refractivity (Wildman–Crippen MR) is 131 cm³/mol. The van der Waals surface area contributed by atoms with Gasteiger partial charge in [-0.1, -0.05) is 12.1 Å². The van der Waals surface area contributed by atoms with Crippen LogP contribution in [0, 0.1) is 0 Å². The van der Waals surface area contributed by atoms with Gasteiger partial charge in [0, 0.05) is 31.9 Å². The molecule has 1 atom stereocenters. The van der Waals surface area contributed by atoms with Gasteiger partial charge in [-0.2, -0.15) is 18.2 Å². The lowest BCUT2D eigenvalue weighted by molar-refractivity contribution is -0.141. The Hall–Kier alpha value is -3.45. The van der Waals surface area contributed by atoms with Crippen molar-refractivity contribution in [3.63, 3.8) is 0 Å². The molecule has 5 heterocycles. The third-order valence-corrected chi connectivity index (χ3v) is 7.50. The second-order valence-electron chi connectivity index (χ2n) is 8.94. The number of aromatic amines is 1. The second-order valence-corrected chi connectivity index (χ2v) is 9.97.